The lowest BCUT2D eigenvalue weighted by Crippen LogP contribution is -2.41. The fraction of sp³-hybridized carbons (Fsp3) is 0.389. The van der Waals surface area contributed by atoms with Gasteiger partial charge < -0.3 is 10.1 Å². The van der Waals surface area contributed by atoms with Crippen LogP contribution in [0, 0.1) is 0 Å². The number of para-hydroxylation sites is 1. The van der Waals surface area contributed by atoms with Crippen LogP contribution in [0.15, 0.2) is 48.8 Å². The number of pyridine rings is 1. The Morgan fingerprint density at radius 2 is 1.86 bits per heavy atom. The number of nitrogens with one attached hydrogen (secondary N) is 1. The van der Waals surface area contributed by atoms with Gasteiger partial charge in [0.15, 0.2) is 0 Å². The molecule has 1 saturated carbocycles. The normalized spacial score (nSPS) is 22.4. The van der Waals surface area contributed by atoms with Gasteiger partial charge in [-0.05, 0) is 55.0 Å². The van der Waals surface area contributed by atoms with E-state index in [0.717, 1.165) is 5.75 Å². The van der Waals surface area contributed by atoms with Gasteiger partial charge in [-0.3, -0.25) is 4.98 Å². The Balaban J connectivity index is 1.56. The lowest BCUT2D eigenvalue weighted by atomic mass is 9.75. The lowest BCUT2D eigenvalue weighted by molar-refractivity contribution is 0.265. The monoisotopic (exact) mass is 282 g/mol. The summed E-state index contributed by atoms with van der Waals surface area (Å²) in [5.41, 5.74) is 2.64. The van der Waals surface area contributed by atoms with Crippen LogP contribution >= 0.6 is 0 Å². The van der Waals surface area contributed by atoms with Crippen LogP contribution < -0.4 is 10.1 Å². The van der Waals surface area contributed by atoms with Crippen LogP contribution in [0.1, 0.15) is 42.9 Å². The zero-order chi connectivity index (χ0) is 14.7. The van der Waals surface area contributed by atoms with Gasteiger partial charge in [-0.25, -0.2) is 0 Å². The number of rotatable bonds is 5. The van der Waals surface area contributed by atoms with Crippen LogP contribution in [0.2, 0.25) is 0 Å². The van der Waals surface area contributed by atoms with Crippen LogP contribution in [-0.4, -0.2) is 18.1 Å². The maximum absolute atomic E-state index is 5.46. The van der Waals surface area contributed by atoms with Crippen molar-refractivity contribution in [2.24, 2.45) is 0 Å². The Bertz CT molecular complexity index is 579. The Morgan fingerprint density at radius 1 is 1.14 bits per heavy atom. The molecule has 3 nitrogen and oxygen atoms in total. The van der Waals surface area contributed by atoms with Crippen molar-refractivity contribution in [3.8, 4) is 5.75 Å². The summed E-state index contributed by atoms with van der Waals surface area (Å²) in [7, 11) is 1.75. The topological polar surface area (TPSA) is 34.1 Å². The molecule has 0 spiro atoms. The van der Waals surface area contributed by atoms with Gasteiger partial charge in [-0.15, -0.1) is 0 Å². The summed E-state index contributed by atoms with van der Waals surface area (Å²) in [5, 5.41) is 3.70. The molecule has 0 saturated heterocycles. The smallest absolute Gasteiger partial charge is 0.122 e. The van der Waals surface area contributed by atoms with Crippen molar-refractivity contribution in [1.29, 1.82) is 0 Å². The average Bonchev–Trinajstić information content (AvgIpc) is 2.51. The van der Waals surface area contributed by atoms with E-state index in [9.17, 15) is 0 Å². The third kappa shape index (κ3) is 3.08. The van der Waals surface area contributed by atoms with E-state index in [2.05, 4.69) is 47.6 Å². The number of hydrogen-bond donors (Lipinski definition) is 1. The van der Waals surface area contributed by atoms with Crippen molar-refractivity contribution in [2.75, 3.05) is 7.11 Å². The zero-order valence-electron chi connectivity index (χ0n) is 12.6. The van der Waals surface area contributed by atoms with Crippen LogP contribution in [0.25, 0.3) is 0 Å². The second-order valence-corrected chi connectivity index (χ2v) is 5.78. The number of methoxy groups -OCH3 is 1. The maximum atomic E-state index is 5.46. The molecule has 21 heavy (non-hydrogen) atoms. The number of benzene rings is 1. The molecule has 1 atom stereocenters. The minimum absolute atomic E-state index is 0.372. The van der Waals surface area contributed by atoms with Crippen molar-refractivity contribution in [3.63, 3.8) is 0 Å². The van der Waals surface area contributed by atoms with E-state index in [4.69, 9.17) is 4.74 Å². The molecule has 1 aliphatic rings. The first-order valence-electron chi connectivity index (χ1n) is 7.57. The average molecular weight is 282 g/mol. The number of nitrogens with zero attached hydrogens (tertiary/aromatic N) is 1. The van der Waals surface area contributed by atoms with Crippen LogP contribution in [0.5, 0.6) is 5.75 Å². The van der Waals surface area contributed by atoms with E-state index >= 15 is 0 Å². The fourth-order valence-electron chi connectivity index (χ4n) is 3.11. The van der Waals surface area contributed by atoms with E-state index in [0.29, 0.717) is 18.0 Å². The van der Waals surface area contributed by atoms with Gasteiger partial charge in [-0.1, -0.05) is 18.2 Å². The van der Waals surface area contributed by atoms with Gasteiger partial charge in [0, 0.05) is 24.5 Å². The van der Waals surface area contributed by atoms with E-state index < -0.39 is 0 Å². The molecule has 3 rings (SSSR count). The van der Waals surface area contributed by atoms with Crippen molar-refractivity contribution < 1.29 is 4.74 Å². The van der Waals surface area contributed by atoms with E-state index in [1.54, 1.807) is 7.11 Å². The maximum Gasteiger partial charge on any atom is 0.122 e. The lowest BCUT2D eigenvalue weighted by Gasteiger charge is -2.38. The molecule has 1 aromatic heterocycles. The number of aromatic nitrogens is 1. The Hall–Kier alpha value is -1.87. The second kappa shape index (κ2) is 6.27. The third-order valence-electron chi connectivity index (χ3n) is 4.41. The highest BCUT2D eigenvalue weighted by atomic mass is 16.5. The Kier molecular flexibility index (Phi) is 4.20. The Morgan fingerprint density at radius 3 is 2.57 bits per heavy atom. The van der Waals surface area contributed by atoms with Crippen LogP contribution in [-0.2, 0) is 0 Å². The highest BCUT2D eigenvalue weighted by Gasteiger charge is 2.32. The highest BCUT2D eigenvalue weighted by molar-refractivity contribution is 5.37. The van der Waals surface area contributed by atoms with Crippen molar-refractivity contribution in [3.05, 3.63) is 59.9 Å². The molecule has 1 heterocycles. The van der Waals surface area contributed by atoms with Gasteiger partial charge in [0.05, 0.1) is 7.11 Å². The molecule has 1 fully saturated rings. The summed E-state index contributed by atoms with van der Waals surface area (Å²) >= 11 is 0. The minimum Gasteiger partial charge on any atom is -0.496 e. The predicted octanol–water partition coefficient (Wildman–Crippen LogP) is 3.69. The quantitative estimate of drug-likeness (QED) is 0.908. The molecule has 1 N–H and O–H groups in total. The number of ether oxygens (including phenoxy) is 1. The molecular weight excluding hydrogens is 260 g/mol. The third-order valence-corrected chi connectivity index (χ3v) is 4.41. The fourth-order valence-corrected chi connectivity index (χ4v) is 3.11. The minimum atomic E-state index is 0.372. The molecule has 1 aliphatic carbocycles. The molecule has 2 aromatic rings. The predicted molar refractivity (Wildman–Crippen MR) is 84.5 cm³/mol. The molecule has 0 unspecified atom stereocenters. The zero-order valence-corrected chi connectivity index (χ0v) is 12.6. The van der Waals surface area contributed by atoms with E-state index in [-0.39, 0.29) is 0 Å². The molecular formula is C18H22N2O. The Labute approximate surface area is 126 Å². The molecule has 1 aromatic carbocycles. The first-order valence-corrected chi connectivity index (χ1v) is 7.57. The summed E-state index contributed by atoms with van der Waals surface area (Å²) in [6, 6.07) is 13.5. The molecule has 3 heteroatoms. The summed E-state index contributed by atoms with van der Waals surface area (Å²) in [5.74, 6) is 1.63. The summed E-state index contributed by atoms with van der Waals surface area (Å²) in [6.45, 7) is 2.21. The van der Waals surface area contributed by atoms with Crippen molar-refractivity contribution >= 4 is 0 Å². The van der Waals surface area contributed by atoms with Gasteiger partial charge in [0.1, 0.15) is 5.75 Å². The van der Waals surface area contributed by atoms with Gasteiger partial charge in [0.25, 0.3) is 0 Å². The standard InChI is InChI=1S/C18H22N2O/c1-13(14-7-9-19-10-8-14)20-16-11-15(12-16)17-5-3-4-6-18(17)21-2/h3-10,13,15-16,20H,11-12H2,1-2H3/t13-,15?,16?/m0/s1. The number of hydrogen-bond acceptors (Lipinski definition) is 3. The highest BCUT2D eigenvalue weighted by Crippen LogP contribution is 2.41. The molecule has 110 valence electrons. The molecule has 0 aliphatic heterocycles. The van der Waals surface area contributed by atoms with E-state index in [1.165, 1.54) is 24.0 Å². The van der Waals surface area contributed by atoms with Gasteiger partial charge >= 0.3 is 0 Å². The van der Waals surface area contributed by atoms with Crippen molar-refractivity contribution in [2.45, 2.75) is 37.8 Å². The molecule has 0 amide bonds. The van der Waals surface area contributed by atoms with Gasteiger partial charge in [-0.2, -0.15) is 0 Å². The first kappa shape index (κ1) is 14.1. The summed E-state index contributed by atoms with van der Waals surface area (Å²) < 4.78 is 5.46. The first-order chi connectivity index (χ1) is 10.3. The summed E-state index contributed by atoms with van der Waals surface area (Å²) in [4.78, 5) is 4.07. The van der Waals surface area contributed by atoms with Crippen LogP contribution in [0.3, 0.4) is 0 Å². The second-order valence-electron chi connectivity index (χ2n) is 5.78. The summed E-state index contributed by atoms with van der Waals surface area (Å²) in [6.07, 6.45) is 6.06. The SMILES string of the molecule is COc1ccccc1C1CC(N[C@@H](C)c2ccncc2)C1. The van der Waals surface area contributed by atoms with Gasteiger partial charge in [0.2, 0.25) is 0 Å². The van der Waals surface area contributed by atoms with E-state index in [1.807, 2.05) is 18.5 Å². The van der Waals surface area contributed by atoms with Crippen molar-refractivity contribution in [1.82, 2.24) is 10.3 Å². The molecule has 0 radical (unpaired) electrons. The van der Waals surface area contributed by atoms with Crippen LogP contribution in [0.4, 0.5) is 0 Å². The largest absolute Gasteiger partial charge is 0.496 e. The molecule has 0 bridgehead atoms.